The van der Waals surface area contributed by atoms with Crippen molar-refractivity contribution < 1.29 is 18.7 Å². The van der Waals surface area contributed by atoms with Crippen molar-refractivity contribution in [1.82, 2.24) is 15.2 Å². The summed E-state index contributed by atoms with van der Waals surface area (Å²) in [5.41, 5.74) is 3.69. The Hall–Kier alpha value is -3.91. The van der Waals surface area contributed by atoms with E-state index in [1.807, 2.05) is 47.4 Å². The van der Waals surface area contributed by atoms with Gasteiger partial charge in [0.1, 0.15) is 23.1 Å². The maximum Gasteiger partial charge on any atom is 0.290 e. The smallest absolute Gasteiger partial charge is 0.290 e. The van der Waals surface area contributed by atoms with Crippen LogP contribution < -0.4 is 10.1 Å². The monoisotopic (exact) mass is 513 g/mol. The predicted octanol–water partition coefficient (Wildman–Crippen LogP) is 5.24. The molecule has 188 valence electrons. The van der Waals surface area contributed by atoms with Gasteiger partial charge in [-0.15, -0.1) is 11.3 Å². The van der Waals surface area contributed by atoms with Crippen LogP contribution in [0.5, 0.6) is 5.75 Å². The lowest BCUT2D eigenvalue weighted by Gasteiger charge is -2.37. The van der Waals surface area contributed by atoms with Crippen molar-refractivity contribution in [2.24, 2.45) is 5.92 Å². The summed E-state index contributed by atoms with van der Waals surface area (Å²) in [7, 11) is 0. The summed E-state index contributed by atoms with van der Waals surface area (Å²) in [6.07, 6.45) is 4.65. The quantitative estimate of drug-likeness (QED) is 0.348. The number of nitrogens with zero attached hydrogens (tertiary/aromatic N) is 2. The summed E-state index contributed by atoms with van der Waals surface area (Å²) < 4.78 is 11.5. The van der Waals surface area contributed by atoms with Gasteiger partial charge < -0.3 is 19.4 Å². The van der Waals surface area contributed by atoms with Crippen LogP contribution in [0, 0.1) is 5.92 Å². The third-order valence-corrected chi connectivity index (χ3v) is 7.67. The molecule has 2 amide bonds. The number of thiazole rings is 1. The van der Waals surface area contributed by atoms with Gasteiger partial charge in [-0.25, -0.2) is 4.98 Å². The molecule has 3 heterocycles. The average molecular weight is 514 g/mol. The summed E-state index contributed by atoms with van der Waals surface area (Å²) in [5.74, 6) is 1.39. The molecule has 7 nitrogen and oxygen atoms in total. The van der Waals surface area contributed by atoms with Crippen molar-refractivity contribution in [2.45, 2.75) is 31.9 Å². The molecule has 6 rings (SSSR count). The first-order valence-corrected chi connectivity index (χ1v) is 13.4. The van der Waals surface area contributed by atoms with Crippen molar-refractivity contribution in [3.8, 4) is 5.75 Å². The van der Waals surface area contributed by atoms with Crippen LogP contribution in [0.2, 0.25) is 0 Å². The molecule has 0 saturated heterocycles. The molecule has 0 bridgehead atoms. The topological polar surface area (TPSA) is 84.7 Å². The number of aromatic nitrogens is 1. The van der Waals surface area contributed by atoms with E-state index in [-0.39, 0.29) is 24.5 Å². The summed E-state index contributed by atoms with van der Waals surface area (Å²) in [5, 5.41) is 5.47. The second kappa shape index (κ2) is 10.2. The average Bonchev–Trinajstić information content (AvgIpc) is 3.38. The van der Waals surface area contributed by atoms with Gasteiger partial charge in [0.15, 0.2) is 5.76 Å². The fourth-order valence-electron chi connectivity index (χ4n) is 4.71. The first-order chi connectivity index (χ1) is 18.2. The van der Waals surface area contributed by atoms with Crippen molar-refractivity contribution in [2.75, 3.05) is 13.1 Å². The van der Waals surface area contributed by atoms with Gasteiger partial charge in [0.2, 0.25) is 0 Å². The summed E-state index contributed by atoms with van der Waals surface area (Å²) in [6, 6.07) is 19.3. The minimum absolute atomic E-state index is 0.129. The molecule has 8 heteroatoms. The van der Waals surface area contributed by atoms with E-state index in [2.05, 4.69) is 16.4 Å². The number of hydrogen-bond donors (Lipinski definition) is 1. The van der Waals surface area contributed by atoms with Crippen LogP contribution in [0.4, 0.5) is 0 Å². The third-order valence-electron chi connectivity index (χ3n) is 6.85. The Morgan fingerprint density at radius 3 is 2.76 bits per heavy atom. The highest BCUT2D eigenvalue weighted by Crippen LogP contribution is 2.38. The molecule has 1 saturated carbocycles. The van der Waals surface area contributed by atoms with E-state index in [1.165, 1.54) is 36.0 Å². The highest BCUT2D eigenvalue weighted by Gasteiger charge is 2.34. The van der Waals surface area contributed by atoms with E-state index in [9.17, 15) is 9.59 Å². The number of hydrogen-bond acceptors (Lipinski definition) is 6. The number of fused-ring (bicyclic) bond motifs is 1. The summed E-state index contributed by atoms with van der Waals surface area (Å²) in [4.78, 5) is 32.0. The van der Waals surface area contributed by atoms with Gasteiger partial charge in [-0.05, 0) is 66.1 Å². The molecule has 0 radical (unpaired) electrons. The number of benzene rings is 2. The molecule has 2 aliphatic rings. The van der Waals surface area contributed by atoms with Gasteiger partial charge in [-0.1, -0.05) is 36.4 Å². The molecule has 1 unspecified atom stereocenters. The van der Waals surface area contributed by atoms with Crippen LogP contribution in [0.1, 0.15) is 61.6 Å². The zero-order valence-corrected chi connectivity index (χ0v) is 21.1. The summed E-state index contributed by atoms with van der Waals surface area (Å²) in [6.45, 7) is 1.58. The normalized spacial score (nSPS) is 16.8. The van der Waals surface area contributed by atoms with Gasteiger partial charge in [-0.2, -0.15) is 0 Å². The molecule has 4 aromatic rings. The number of carbonyl (C=O) groups is 2. The summed E-state index contributed by atoms with van der Waals surface area (Å²) >= 11 is 1.42. The van der Waals surface area contributed by atoms with Gasteiger partial charge in [-0.3, -0.25) is 9.59 Å². The Kier molecular flexibility index (Phi) is 6.49. The molecular formula is C29H27N3O4S. The SMILES string of the molecule is O=C(NCC1CC1)c1csc(COc2ccc3c(c2)C(c2ccccc2)N(C(=O)c2ccco2)CC3)n1. The van der Waals surface area contributed by atoms with Crippen molar-refractivity contribution >= 4 is 23.2 Å². The second-order valence-electron chi connectivity index (χ2n) is 9.47. The van der Waals surface area contributed by atoms with E-state index < -0.39 is 0 Å². The number of ether oxygens (including phenoxy) is 1. The van der Waals surface area contributed by atoms with E-state index in [0.717, 1.165) is 29.1 Å². The number of rotatable bonds is 8. The lowest BCUT2D eigenvalue weighted by molar-refractivity contribution is 0.0661. The molecule has 2 aromatic heterocycles. The van der Waals surface area contributed by atoms with Gasteiger partial charge >= 0.3 is 0 Å². The fraction of sp³-hybridized carbons (Fsp3) is 0.276. The predicted molar refractivity (Wildman–Crippen MR) is 140 cm³/mol. The largest absolute Gasteiger partial charge is 0.486 e. The van der Waals surface area contributed by atoms with E-state index >= 15 is 0 Å². The Morgan fingerprint density at radius 2 is 1.97 bits per heavy atom. The molecule has 37 heavy (non-hydrogen) atoms. The van der Waals surface area contributed by atoms with Gasteiger partial charge in [0.25, 0.3) is 11.8 Å². The van der Waals surface area contributed by atoms with Gasteiger partial charge in [0, 0.05) is 18.5 Å². The lowest BCUT2D eigenvalue weighted by atomic mass is 9.87. The van der Waals surface area contributed by atoms with E-state index in [0.29, 0.717) is 29.7 Å². The number of nitrogens with one attached hydrogen (secondary N) is 1. The first kappa shape index (κ1) is 23.5. The lowest BCUT2D eigenvalue weighted by Crippen LogP contribution is -2.40. The van der Waals surface area contributed by atoms with Gasteiger partial charge in [0.05, 0.1) is 12.3 Å². The second-order valence-corrected chi connectivity index (χ2v) is 10.4. The fourth-order valence-corrected chi connectivity index (χ4v) is 5.40. The highest BCUT2D eigenvalue weighted by atomic mass is 32.1. The standard InChI is InChI=1S/C29H27N3O4S/c33-28(30-16-19-8-9-19)24-18-37-26(31-24)17-36-22-11-10-20-12-13-32(29(34)25-7-4-14-35-25)27(23(20)15-22)21-5-2-1-3-6-21/h1-7,10-11,14-15,18-19,27H,8-9,12-13,16-17H2,(H,30,33). The zero-order chi connectivity index (χ0) is 25.2. The van der Waals surface area contributed by atoms with E-state index in [4.69, 9.17) is 9.15 Å². The first-order valence-electron chi connectivity index (χ1n) is 12.5. The molecule has 1 N–H and O–H groups in total. The number of carbonyl (C=O) groups excluding carboxylic acids is 2. The minimum atomic E-state index is -0.257. The molecule has 0 spiro atoms. The molecule has 1 fully saturated rings. The van der Waals surface area contributed by atoms with Crippen LogP contribution in [-0.2, 0) is 13.0 Å². The Balaban J connectivity index is 1.22. The van der Waals surface area contributed by atoms with Crippen molar-refractivity contribution in [3.05, 3.63) is 105 Å². The Labute approximate surface area is 219 Å². The number of amides is 2. The van der Waals surface area contributed by atoms with E-state index in [1.54, 1.807) is 17.5 Å². The third kappa shape index (κ3) is 5.15. The van der Waals surface area contributed by atoms with Crippen molar-refractivity contribution in [3.63, 3.8) is 0 Å². The number of furan rings is 1. The maximum absolute atomic E-state index is 13.4. The van der Waals surface area contributed by atoms with Crippen LogP contribution >= 0.6 is 11.3 Å². The Bertz CT molecular complexity index is 1400. The van der Waals surface area contributed by atoms with Crippen LogP contribution in [0.15, 0.2) is 76.7 Å². The maximum atomic E-state index is 13.4. The molecule has 1 aliphatic carbocycles. The van der Waals surface area contributed by atoms with Crippen LogP contribution in [0.3, 0.4) is 0 Å². The Morgan fingerprint density at radius 1 is 1.11 bits per heavy atom. The molecule has 1 aliphatic heterocycles. The van der Waals surface area contributed by atoms with Crippen molar-refractivity contribution in [1.29, 1.82) is 0 Å². The molecule has 1 atom stereocenters. The minimum Gasteiger partial charge on any atom is -0.486 e. The zero-order valence-electron chi connectivity index (χ0n) is 20.3. The van der Waals surface area contributed by atoms with Crippen LogP contribution in [0.25, 0.3) is 0 Å². The molecular weight excluding hydrogens is 486 g/mol. The highest BCUT2D eigenvalue weighted by molar-refractivity contribution is 7.09. The molecule has 2 aromatic carbocycles. The van der Waals surface area contributed by atoms with Crippen LogP contribution in [-0.4, -0.2) is 34.8 Å².